The Balaban J connectivity index is 1.66. The molecule has 1 aromatic heterocycles. The summed E-state index contributed by atoms with van der Waals surface area (Å²) in [5, 5.41) is 4.43. The highest BCUT2D eigenvalue weighted by Gasteiger charge is 2.07. The molecule has 3 aromatic rings. The first-order valence-electron chi connectivity index (χ1n) is 8.25. The number of benzene rings is 2. The molecule has 0 amide bonds. The number of H-pyrrole nitrogens is 1. The molecule has 0 fully saturated rings. The van der Waals surface area contributed by atoms with Crippen LogP contribution in [0.4, 0.5) is 5.69 Å². The Kier molecular flexibility index (Phi) is 4.56. The number of aromatic nitrogens is 1. The number of nitrogens with one attached hydrogen (secondary N) is 2. The second-order valence-electron chi connectivity index (χ2n) is 6.22. The standard InChI is InChI=1S/C20H24N4/c1-13-8-9-16(12-14(13)2)24-20(21)22-11-10-17-15(3)23-19-7-5-4-6-18(17)19/h4-9,12,23H,10-11H2,1-3H3,(H3,21,22,24). The molecule has 0 saturated heterocycles. The van der Waals surface area contributed by atoms with Gasteiger partial charge in [-0.1, -0.05) is 24.3 Å². The number of aryl methyl sites for hydroxylation is 3. The summed E-state index contributed by atoms with van der Waals surface area (Å²) in [6, 6.07) is 14.6. The van der Waals surface area contributed by atoms with Crippen molar-refractivity contribution in [1.82, 2.24) is 4.98 Å². The molecule has 4 heteroatoms. The molecule has 124 valence electrons. The molecule has 0 aliphatic heterocycles. The maximum absolute atomic E-state index is 6.02. The van der Waals surface area contributed by atoms with Gasteiger partial charge in [0.05, 0.1) is 0 Å². The minimum atomic E-state index is 0.454. The van der Waals surface area contributed by atoms with Crippen LogP contribution in [0.1, 0.15) is 22.4 Å². The molecule has 0 aliphatic carbocycles. The van der Waals surface area contributed by atoms with Crippen LogP contribution in [0.15, 0.2) is 47.5 Å². The molecule has 0 radical (unpaired) electrons. The SMILES string of the molecule is Cc1ccc(NC(N)=NCCc2c(C)[nH]c3ccccc23)cc1C. The van der Waals surface area contributed by atoms with Gasteiger partial charge in [0.1, 0.15) is 0 Å². The lowest BCUT2D eigenvalue weighted by Gasteiger charge is -2.08. The molecule has 2 aromatic carbocycles. The first kappa shape index (κ1) is 16.1. The normalized spacial score (nSPS) is 11.9. The van der Waals surface area contributed by atoms with Gasteiger partial charge in [0.25, 0.3) is 0 Å². The van der Waals surface area contributed by atoms with Gasteiger partial charge in [-0.05, 0) is 62.1 Å². The highest BCUT2D eigenvalue weighted by atomic mass is 15.1. The van der Waals surface area contributed by atoms with Gasteiger partial charge >= 0.3 is 0 Å². The van der Waals surface area contributed by atoms with Crippen LogP contribution in [0.2, 0.25) is 0 Å². The monoisotopic (exact) mass is 320 g/mol. The third-order valence-electron chi connectivity index (χ3n) is 4.45. The van der Waals surface area contributed by atoms with E-state index in [1.807, 2.05) is 12.1 Å². The summed E-state index contributed by atoms with van der Waals surface area (Å²) in [5.74, 6) is 0.454. The van der Waals surface area contributed by atoms with E-state index in [0.717, 1.165) is 12.1 Å². The Hall–Kier alpha value is -2.75. The number of nitrogens with two attached hydrogens (primary N) is 1. The van der Waals surface area contributed by atoms with E-state index in [1.54, 1.807) is 0 Å². The Morgan fingerprint density at radius 2 is 1.88 bits per heavy atom. The van der Waals surface area contributed by atoms with E-state index in [4.69, 9.17) is 5.73 Å². The van der Waals surface area contributed by atoms with Crippen molar-refractivity contribution in [3.8, 4) is 0 Å². The maximum Gasteiger partial charge on any atom is 0.193 e. The summed E-state index contributed by atoms with van der Waals surface area (Å²) >= 11 is 0. The van der Waals surface area contributed by atoms with Crippen LogP contribution in [-0.2, 0) is 6.42 Å². The number of anilines is 1. The summed E-state index contributed by atoms with van der Waals surface area (Å²) in [5.41, 5.74) is 13.2. The molecule has 0 saturated carbocycles. The zero-order valence-electron chi connectivity index (χ0n) is 14.5. The molecule has 0 unspecified atom stereocenters. The average molecular weight is 320 g/mol. The highest BCUT2D eigenvalue weighted by molar-refractivity contribution is 5.92. The molecule has 4 N–H and O–H groups in total. The first-order chi connectivity index (χ1) is 11.5. The van der Waals surface area contributed by atoms with Gasteiger partial charge in [-0.25, -0.2) is 0 Å². The highest BCUT2D eigenvalue weighted by Crippen LogP contribution is 2.22. The number of hydrogen-bond acceptors (Lipinski definition) is 1. The number of aliphatic imine (C=N–C) groups is 1. The van der Waals surface area contributed by atoms with E-state index in [-0.39, 0.29) is 0 Å². The van der Waals surface area contributed by atoms with Crippen molar-refractivity contribution in [2.45, 2.75) is 27.2 Å². The number of hydrogen-bond donors (Lipinski definition) is 3. The average Bonchev–Trinajstić information content (AvgIpc) is 2.87. The lowest BCUT2D eigenvalue weighted by Crippen LogP contribution is -2.23. The van der Waals surface area contributed by atoms with E-state index in [0.29, 0.717) is 12.5 Å². The lowest BCUT2D eigenvalue weighted by atomic mass is 10.1. The Morgan fingerprint density at radius 3 is 2.67 bits per heavy atom. The Labute approximate surface area is 142 Å². The molecule has 1 heterocycles. The maximum atomic E-state index is 6.02. The van der Waals surface area contributed by atoms with Crippen molar-refractivity contribution in [1.29, 1.82) is 0 Å². The van der Waals surface area contributed by atoms with Crippen LogP contribution in [0.3, 0.4) is 0 Å². The van der Waals surface area contributed by atoms with Gasteiger partial charge in [0.2, 0.25) is 0 Å². The summed E-state index contributed by atoms with van der Waals surface area (Å²) in [6.45, 7) is 6.95. The second kappa shape index (κ2) is 6.79. The second-order valence-corrected chi connectivity index (χ2v) is 6.22. The van der Waals surface area contributed by atoms with Crippen LogP contribution in [-0.4, -0.2) is 17.5 Å². The fourth-order valence-corrected chi connectivity index (χ4v) is 2.95. The number of fused-ring (bicyclic) bond motifs is 1. The Morgan fingerprint density at radius 1 is 1.08 bits per heavy atom. The molecule has 0 atom stereocenters. The molecular weight excluding hydrogens is 296 g/mol. The van der Waals surface area contributed by atoms with Gasteiger partial charge in [0, 0.05) is 28.8 Å². The summed E-state index contributed by atoms with van der Waals surface area (Å²) < 4.78 is 0. The van der Waals surface area contributed by atoms with E-state index in [1.165, 1.54) is 33.3 Å². The molecule has 4 nitrogen and oxygen atoms in total. The molecule has 24 heavy (non-hydrogen) atoms. The third-order valence-corrected chi connectivity index (χ3v) is 4.45. The molecule has 0 aliphatic rings. The predicted octanol–water partition coefficient (Wildman–Crippen LogP) is 4.06. The number of nitrogens with zero attached hydrogens (tertiary/aromatic N) is 1. The zero-order valence-corrected chi connectivity index (χ0v) is 14.5. The van der Waals surface area contributed by atoms with Gasteiger partial charge in [0.15, 0.2) is 5.96 Å². The zero-order chi connectivity index (χ0) is 17.1. The number of guanidine groups is 1. The van der Waals surface area contributed by atoms with Crippen molar-refractivity contribution in [2.75, 3.05) is 11.9 Å². The van der Waals surface area contributed by atoms with Crippen LogP contribution in [0.25, 0.3) is 10.9 Å². The lowest BCUT2D eigenvalue weighted by molar-refractivity contribution is 0.959. The Bertz CT molecular complexity index is 890. The topological polar surface area (TPSA) is 66.2 Å². The summed E-state index contributed by atoms with van der Waals surface area (Å²) in [6.07, 6.45) is 0.866. The largest absolute Gasteiger partial charge is 0.370 e. The fourth-order valence-electron chi connectivity index (χ4n) is 2.95. The minimum absolute atomic E-state index is 0.454. The van der Waals surface area contributed by atoms with Crippen LogP contribution in [0, 0.1) is 20.8 Å². The van der Waals surface area contributed by atoms with Gasteiger partial charge in [-0.2, -0.15) is 0 Å². The van der Waals surface area contributed by atoms with Crippen LogP contribution < -0.4 is 11.1 Å². The van der Waals surface area contributed by atoms with Gasteiger partial charge < -0.3 is 16.0 Å². The molecular formula is C20H24N4. The van der Waals surface area contributed by atoms with Crippen molar-refractivity contribution in [3.05, 3.63) is 64.8 Å². The molecule has 0 bridgehead atoms. The predicted molar refractivity (Wildman–Crippen MR) is 103 cm³/mol. The van der Waals surface area contributed by atoms with E-state index in [9.17, 15) is 0 Å². The molecule has 0 spiro atoms. The van der Waals surface area contributed by atoms with E-state index >= 15 is 0 Å². The van der Waals surface area contributed by atoms with Crippen molar-refractivity contribution < 1.29 is 0 Å². The molecule has 3 rings (SSSR count). The smallest absolute Gasteiger partial charge is 0.193 e. The van der Waals surface area contributed by atoms with E-state index < -0.39 is 0 Å². The third kappa shape index (κ3) is 3.43. The number of para-hydroxylation sites is 1. The fraction of sp³-hybridized carbons (Fsp3) is 0.250. The van der Waals surface area contributed by atoms with Crippen molar-refractivity contribution in [2.24, 2.45) is 10.7 Å². The first-order valence-corrected chi connectivity index (χ1v) is 8.25. The van der Waals surface area contributed by atoms with Crippen molar-refractivity contribution in [3.63, 3.8) is 0 Å². The van der Waals surface area contributed by atoms with Crippen molar-refractivity contribution >= 4 is 22.5 Å². The van der Waals surface area contributed by atoms with Gasteiger partial charge in [-0.15, -0.1) is 0 Å². The summed E-state index contributed by atoms with van der Waals surface area (Å²) in [4.78, 5) is 7.88. The van der Waals surface area contributed by atoms with Crippen LogP contribution in [0.5, 0.6) is 0 Å². The minimum Gasteiger partial charge on any atom is -0.370 e. The van der Waals surface area contributed by atoms with E-state index in [2.05, 4.69) is 66.4 Å². The quantitative estimate of drug-likeness (QED) is 0.501. The number of rotatable bonds is 4. The van der Waals surface area contributed by atoms with Crippen LogP contribution >= 0.6 is 0 Å². The number of aromatic amines is 1. The van der Waals surface area contributed by atoms with Gasteiger partial charge in [-0.3, -0.25) is 4.99 Å². The summed E-state index contributed by atoms with van der Waals surface area (Å²) in [7, 11) is 0.